The van der Waals surface area contributed by atoms with Gasteiger partial charge < -0.3 is 10.1 Å². The number of rotatable bonds is 4. The largest absolute Gasteiger partial charge is 0.444 e. The summed E-state index contributed by atoms with van der Waals surface area (Å²) in [7, 11) is 0. The third-order valence-electron chi connectivity index (χ3n) is 6.57. The van der Waals surface area contributed by atoms with E-state index in [1.165, 1.54) is 18.5 Å². The molecule has 1 saturated heterocycles. The number of nitriles is 1. The van der Waals surface area contributed by atoms with Crippen molar-refractivity contribution in [1.29, 1.82) is 5.26 Å². The minimum atomic E-state index is -0.442. The van der Waals surface area contributed by atoms with Crippen molar-refractivity contribution < 1.29 is 13.9 Å². The van der Waals surface area contributed by atoms with E-state index < -0.39 is 11.6 Å². The first-order chi connectivity index (χ1) is 15.8. The molecule has 1 N–H and O–H groups in total. The molecule has 1 aromatic heterocycles. The molecule has 2 heterocycles. The van der Waals surface area contributed by atoms with Gasteiger partial charge in [0, 0.05) is 18.1 Å². The van der Waals surface area contributed by atoms with E-state index in [2.05, 4.69) is 15.4 Å². The molecule has 4 rings (SSSR count). The zero-order chi connectivity index (χ0) is 23.6. The summed E-state index contributed by atoms with van der Waals surface area (Å²) in [4.78, 5) is 19.4. The van der Waals surface area contributed by atoms with E-state index in [-0.39, 0.29) is 35.7 Å². The van der Waals surface area contributed by atoms with Crippen LogP contribution in [0.1, 0.15) is 69.8 Å². The van der Waals surface area contributed by atoms with E-state index >= 15 is 0 Å². The van der Waals surface area contributed by atoms with Crippen LogP contribution in [0.15, 0.2) is 30.6 Å². The van der Waals surface area contributed by atoms with Crippen LogP contribution in [0.4, 0.5) is 9.18 Å². The van der Waals surface area contributed by atoms with Gasteiger partial charge >= 0.3 is 6.09 Å². The first-order valence-electron chi connectivity index (χ1n) is 11.5. The molecule has 1 saturated carbocycles. The molecule has 4 unspecified atom stereocenters. The molecule has 9 heteroatoms. The maximum Gasteiger partial charge on any atom is 0.410 e. The van der Waals surface area contributed by atoms with Crippen molar-refractivity contribution in [3.63, 3.8) is 0 Å². The second-order valence-corrected chi connectivity index (χ2v) is 9.91. The molecule has 1 aliphatic carbocycles. The number of nitrogens with one attached hydrogen (secondary N) is 1. The Balaban J connectivity index is 1.58. The minimum absolute atomic E-state index is 0.0653. The molecule has 33 heavy (non-hydrogen) atoms. The number of carbonyl (C=O) groups is 1. The van der Waals surface area contributed by atoms with E-state index in [9.17, 15) is 9.18 Å². The van der Waals surface area contributed by atoms with Crippen LogP contribution in [-0.4, -0.2) is 56.5 Å². The third-order valence-corrected chi connectivity index (χ3v) is 6.57. The number of nitrogens with zero attached hydrogens (tertiary/aromatic N) is 5. The number of aromatic nitrogens is 3. The number of piperidine rings is 1. The Bertz CT molecular complexity index is 1000. The Morgan fingerprint density at radius 1 is 1.30 bits per heavy atom. The van der Waals surface area contributed by atoms with E-state index in [0.29, 0.717) is 12.8 Å². The van der Waals surface area contributed by atoms with Gasteiger partial charge in [0.1, 0.15) is 24.3 Å². The fourth-order valence-corrected chi connectivity index (χ4v) is 5.09. The standard InChI is InChI=1S/C24H31FN6O2/c1-24(2,3)31(19-5-4-10-27-14-19)23(32)33-21-12-17(16-6-8-18(25)9-7-16)11-20(21)30-15-28-22(13-26)29-30/h6-9,15,17,19-21,27H,4-5,10-12,14H2,1-3H3. The van der Waals surface area contributed by atoms with Crippen LogP contribution >= 0.6 is 0 Å². The van der Waals surface area contributed by atoms with Crippen LogP contribution in [0.3, 0.4) is 0 Å². The van der Waals surface area contributed by atoms with Gasteiger partial charge in [0.15, 0.2) is 0 Å². The number of ether oxygens (including phenoxy) is 1. The van der Waals surface area contributed by atoms with Gasteiger partial charge in [-0.2, -0.15) is 5.26 Å². The van der Waals surface area contributed by atoms with E-state index in [1.54, 1.807) is 16.8 Å². The molecule has 0 bridgehead atoms. The molecular weight excluding hydrogens is 423 g/mol. The van der Waals surface area contributed by atoms with Crippen molar-refractivity contribution in [2.75, 3.05) is 13.1 Å². The molecule has 8 nitrogen and oxygen atoms in total. The fourth-order valence-electron chi connectivity index (χ4n) is 5.09. The lowest BCUT2D eigenvalue weighted by Gasteiger charge is -2.43. The zero-order valence-corrected chi connectivity index (χ0v) is 19.4. The number of halogens is 1. The van der Waals surface area contributed by atoms with Crippen molar-refractivity contribution in [2.45, 2.75) is 76.1 Å². The smallest absolute Gasteiger partial charge is 0.410 e. The summed E-state index contributed by atoms with van der Waals surface area (Å²) < 4.78 is 21.2. The third kappa shape index (κ3) is 5.17. The van der Waals surface area contributed by atoms with Crippen LogP contribution in [-0.2, 0) is 4.74 Å². The Kier molecular flexibility index (Phi) is 6.66. The van der Waals surface area contributed by atoms with Gasteiger partial charge in [0.25, 0.3) is 5.82 Å². The number of amides is 1. The molecule has 2 aromatic rings. The molecule has 2 fully saturated rings. The monoisotopic (exact) mass is 454 g/mol. The van der Waals surface area contributed by atoms with Crippen molar-refractivity contribution in [1.82, 2.24) is 25.0 Å². The predicted molar refractivity (Wildman–Crippen MR) is 120 cm³/mol. The molecular formula is C24H31FN6O2. The highest BCUT2D eigenvalue weighted by Gasteiger charge is 2.42. The molecule has 1 aromatic carbocycles. The Labute approximate surface area is 193 Å². The lowest BCUT2D eigenvalue weighted by atomic mass is 9.97. The van der Waals surface area contributed by atoms with E-state index in [0.717, 1.165) is 31.5 Å². The van der Waals surface area contributed by atoms with Crippen LogP contribution in [0.25, 0.3) is 0 Å². The van der Waals surface area contributed by atoms with Crippen molar-refractivity contribution in [3.8, 4) is 6.07 Å². The van der Waals surface area contributed by atoms with Crippen LogP contribution in [0.2, 0.25) is 0 Å². The molecule has 0 spiro atoms. The molecule has 1 amide bonds. The Hall–Kier alpha value is -2.99. The predicted octanol–water partition coefficient (Wildman–Crippen LogP) is 3.77. The van der Waals surface area contributed by atoms with Crippen LogP contribution < -0.4 is 5.32 Å². The minimum Gasteiger partial charge on any atom is -0.444 e. The summed E-state index contributed by atoms with van der Waals surface area (Å²) in [6, 6.07) is 8.21. The lowest BCUT2D eigenvalue weighted by Crippen LogP contribution is -2.57. The second-order valence-electron chi connectivity index (χ2n) is 9.91. The van der Waals surface area contributed by atoms with Crippen LogP contribution in [0.5, 0.6) is 0 Å². The van der Waals surface area contributed by atoms with E-state index in [4.69, 9.17) is 10.00 Å². The average molecular weight is 455 g/mol. The quantitative estimate of drug-likeness (QED) is 0.756. The summed E-state index contributed by atoms with van der Waals surface area (Å²) in [6.07, 6.45) is 3.92. The highest BCUT2D eigenvalue weighted by Crippen LogP contribution is 2.43. The van der Waals surface area contributed by atoms with Gasteiger partial charge in [0.2, 0.25) is 0 Å². The van der Waals surface area contributed by atoms with Crippen molar-refractivity contribution >= 4 is 6.09 Å². The molecule has 176 valence electrons. The van der Waals surface area contributed by atoms with Crippen molar-refractivity contribution in [2.24, 2.45) is 0 Å². The topological polar surface area (TPSA) is 96.1 Å². The first kappa shape index (κ1) is 23.2. The lowest BCUT2D eigenvalue weighted by molar-refractivity contribution is 0.00417. The Morgan fingerprint density at radius 3 is 2.67 bits per heavy atom. The van der Waals surface area contributed by atoms with Gasteiger partial charge in [-0.25, -0.2) is 18.9 Å². The number of hydrogen-bond donors (Lipinski definition) is 1. The molecule has 2 aliphatic rings. The summed E-state index contributed by atoms with van der Waals surface area (Å²) in [5.41, 5.74) is 0.594. The Morgan fingerprint density at radius 2 is 2.06 bits per heavy atom. The van der Waals surface area contributed by atoms with Gasteiger partial charge in [0.05, 0.1) is 6.04 Å². The average Bonchev–Trinajstić information content (AvgIpc) is 3.41. The normalized spacial score (nSPS) is 25.4. The van der Waals surface area contributed by atoms with E-state index in [1.807, 2.05) is 31.7 Å². The maximum absolute atomic E-state index is 13.5. The fraction of sp³-hybridized carbons (Fsp3) is 0.583. The molecule has 4 atom stereocenters. The van der Waals surface area contributed by atoms with Gasteiger partial charge in [-0.1, -0.05) is 12.1 Å². The SMILES string of the molecule is CC(C)(C)N(C(=O)OC1CC(c2ccc(F)cc2)CC1n1cnc(C#N)n1)C1CCCNC1. The van der Waals surface area contributed by atoms with Gasteiger partial charge in [-0.05, 0) is 76.6 Å². The highest BCUT2D eigenvalue weighted by atomic mass is 19.1. The zero-order valence-electron chi connectivity index (χ0n) is 19.4. The van der Waals surface area contributed by atoms with Crippen molar-refractivity contribution in [3.05, 3.63) is 47.8 Å². The summed E-state index contributed by atoms with van der Waals surface area (Å²) in [5.74, 6) is -0.134. The second kappa shape index (κ2) is 9.48. The van der Waals surface area contributed by atoms with Crippen LogP contribution in [0, 0.1) is 17.1 Å². The molecule has 1 aliphatic heterocycles. The summed E-state index contributed by atoms with van der Waals surface area (Å²) >= 11 is 0. The summed E-state index contributed by atoms with van der Waals surface area (Å²) in [6.45, 7) is 7.77. The maximum atomic E-state index is 13.5. The van der Waals surface area contributed by atoms with Gasteiger partial charge in [-0.15, -0.1) is 5.10 Å². The summed E-state index contributed by atoms with van der Waals surface area (Å²) in [5, 5.41) is 16.8. The number of benzene rings is 1. The number of carbonyl (C=O) groups excluding carboxylic acids is 1. The highest BCUT2D eigenvalue weighted by molar-refractivity contribution is 5.69. The molecule has 0 radical (unpaired) electrons. The first-order valence-corrected chi connectivity index (χ1v) is 11.5. The van der Waals surface area contributed by atoms with Gasteiger partial charge in [-0.3, -0.25) is 4.90 Å². The number of hydrogen-bond acceptors (Lipinski definition) is 6.